The molecule has 2 saturated heterocycles. The van der Waals surface area contributed by atoms with E-state index in [0.717, 1.165) is 43.9 Å². The Hall–Kier alpha value is -1.76. The minimum atomic E-state index is -0.00936. The molecule has 0 aromatic heterocycles. The highest BCUT2D eigenvalue weighted by Gasteiger charge is 2.35. The molecule has 2 aliphatic heterocycles. The van der Waals surface area contributed by atoms with Crippen LogP contribution in [0.3, 0.4) is 0 Å². The van der Waals surface area contributed by atoms with E-state index in [9.17, 15) is 9.59 Å². The van der Waals surface area contributed by atoms with E-state index in [-0.39, 0.29) is 18.4 Å². The quantitative estimate of drug-likeness (QED) is 0.712. The fourth-order valence-corrected chi connectivity index (χ4v) is 4.01. The summed E-state index contributed by atoms with van der Waals surface area (Å²) >= 11 is 12.2. The van der Waals surface area contributed by atoms with Gasteiger partial charge in [0.15, 0.2) is 0 Å². The molecule has 0 unspecified atom stereocenters. The van der Waals surface area contributed by atoms with E-state index in [1.54, 1.807) is 11.0 Å². The summed E-state index contributed by atoms with van der Waals surface area (Å²) in [5, 5.41) is 4.21. The van der Waals surface area contributed by atoms with Crippen LogP contribution in [0.25, 0.3) is 0 Å². The topological polar surface area (TPSA) is 55.9 Å². The first kappa shape index (κ1) is 21.0. The van der Waals surface area contributed by atoms with Crippen molar-refractivity contribution in [2.75, 3.05) is 51.1 Å². The molecule has 2 fully saturated rings. The molecule has 2 aliphatic rings. The molecular weight excluding hydrogens is 399 g/mol. The van der Waals surface area contributed by atoms with E-state index in [1.165, 1.54) is 6.08 Å². The van der Waals surface area contributed by atoms with Gasteiger partial charge in [-0.2, -0.15) is 0 Å². The fraction of sp³-hybridized carbons (Fsp3) is 0.500. The van der Waals surface area contributed by atoms with Crippen molar-refractivity contribution in [1.29, 1.82) is 0 Å². The van der Waals surface area contributed by atoms with Crippen LogP contribution in [0, 0.1) is 0 Å². The van der Waals surface area contributed by atoms with Gasteiger partial charge in [-0.1, -0.05) is 36.7 Å². The summed E-state index contributed by atoms with van der Waals surface area (Å²) < 4.78 is 0. The number of hydrogen-bond donors (Lipinski definition) is 1. The fourth-order valence-electron chi connectivity index (χ4n) is 3.66. The lowest BCUT2D eigenvalue weighted by molar-refractivity contribution is -0.135. The van der Waals surface area contributed by atoms with Crippen LogP contribution in [0.2, 0.25) is 10.0 Å². The number of rotatable bonds is 6. The van der Waals surface area contributed by atoms with Gasteiger partial charge in [0.2, 0.25) is 11.8 Å². The minimum Gasteiger partial charge on any atom is -0.376 e. The third-order valence-electron chi connectivity index (χ3n) is 5.49. The Kier molecular flexibility index (Phi) is 6.86. The van der Waals surface area contributed by atoms with E-state index in [1.807, 2.05) is 17.9 Å². The summed E-state index contributed by atoms with van der Waals surface area (Å²) in [7, 11) is 0. The van der Waals surface area contributed by atoms with Gasteiger partial charge in [0.25, 0.3) is 0 Å². The number of anilines is 1. The van der Waals surface area contributed by atoms with Gasteiger partial charge < -0.3 is 15.1 Å². The first-order valence-corrected chi connectivity index (χ1v) is 10.3. The number of benzene rings is 1. The van der Waals surface area contributed by atoms with Crippen molar-refractivity contribution in [2.45, 2.75) is 19.4 Å². The monoisotopic (exact) mass is 424 g/mol. The molecule has 1 aromatic carbocycles. The van der Waals surface area contributed by atoms with Gasteiger partial charge in [0.1, 0.15) is 0 Å². The number of amides is 2. The zero-order chi connectivity index (χ0) is 20.3. The van der Waals surface area contributed by atoms with Crippen LogP contribution in [-0.4, -0.2) is 78.4 Å². The lowest BCUT2D eigenvalue weighted by atomic mass is 10.1. The summed E-state index contributed by atoms with van der Waals surface area (Å²) in [6, 6.07) is 4.01. The standard InChI is InChI=1S/C20H26Cl2N4O2/c1-3-14-9-16(21)17(22)10-18(14)23-11-20(28)25-7-5-24(6-8-25)15-12-26(13-15)19(27)4-2/h4,9-10,15,23H,2-3,5-8,11-13H2,1H3. The van der Waals surface area contributed by atoms with Crippen LogP contribution in [0.1, 0.15) is 12.5 Å². The maximum atomic E-state index is 12.6. The third-order valence-corrected chi connectivity index (χ3v) is 6.21. The summed E-state index contributed by atoms with van der Waals surface area (Å²) in [5.41, 5.74) is 1.89. The minimum absolute atomic E-state index is 0.00936. The molecule has 0 spiro atoms. The smallest absolute Gasteiger partial charge is 0.246 e. The van der Waals surface area contributed by atoms with E-state index >= 15 is 0 Å². The number of likely N-dealkylation sites (tertiary alicyclic amines) is 1. The van der Waals surface area contributed by atoms with Gasteiger partial charge >= 0.3 is 0 Å². The Morgan fingerprint density at radius 3 is 2.39 bits per heavy atom. The predicted octanol–water partition coefficient (Wildman–Crippen LogP) is 2.51. The van der Waals surface area contributed by atoms with Gasteiger partial charge in [-0.05, 0) is 30.2 Å². The Morgan fingerprint density at radius 2 is 1.79 bits per heavy atom. The van der Waals surface area contributed by atoms with Gasteiger partial charge in [0.05, 0.1) is 16.6 Å². The molecule has 2 amide bonds. The number of nitrogens with zero attached hydrogens (tertiary/aromatic N) is 3. The molecule has 1 N–H and O–H groups in total. The molecule has 1 aromatic rings. The number of nitrogens with one attached hydrogen (secondary N) is 1. The molecule has 0 radical (unpaired) electrons. The average molecular weight is 425 g/mol. The lowest BCUT2D eigenvalue weighted by Crippen LogP contribution is -2.64. The predicted molar refractivity (Wildman–Crippen MR) is 113 cm³/mol. The SMILES string of the molecule is C=CC(=O)N1CC(N2CCN(C(=O)CNc3cc(Cl)c(Cl)cc3CC)CC2)C1. The van der Waals surface area contributed by atoms with Crippen LogP contribution in [0.4, 0.5) is 5.69 Å². The third kappa shape index (κ3) is 4.62. The Labute approximate surface area is 176 Å². The molecular formula is C20H26Cl2N4O2. The highest BCUT2D eigenvalue weighted by atomic mass is 35.5. The van der Waals surface area contributed by atoms with E-state index in [0.29, 0.717) is 29.2 Å². The molecule has 3 rings (SSSR count). The maximum Gasteiger partial charge on any atom is 0.246 e. The van der Waals surface area contributed by atoms with Gasteiger partial charge in [-0.15, -0.1) is 0 Å². The first-order valence-electron chi connectivity index (χ1n) is 9.57. The molecule has 6 nitrogen and oxygen atoms in total. The van der Waals surface area contributed by atoms with Crippen LogP contribution in [0.5, 0.6) is 0 Å². The van der Waals surface area contributed by atoms with Crippen molar-refractivity contribution in [2.24, 2.45) is 0 Å². The molecule has 8 heteroatoms. The molecule has 0 bridgehead atoms. The van der Waals surface area contributed by atoms with Crippen molar-refractivity contribution in [3.63, 3.8) is 0 Å². The molecule has 28 heavy (non-hydrogen) atoms. The second-order valence-corrected chi connectivity index (χ2v) is 7.96. The van der Waals surface area contributed by atoms with Crippen molar-refractivity contribution < 1.29 is 9.59 Å². The second kappa shape index (κ2) is 9.16. The Bertz CT molecular complexity index is 757. The molecule has 0 saturated carbocycles. The normalized spacial score (nSPS) is 18.0. The van der Waals surface area contributed by atoms with Gasteiger partial charge in [0, 0.05) is 51.0 Å². The van der Waals surface area contributed by atoms with Crippen molar-refractivity contribution in [1.82, 2.24) is 14.7 Å². The largest absolute Gasteiger partial charge is 0.376 e. The lowest BCUT2D eigenvalue weighted by Gasteiger charge is -2.47. The van der Waals surface area contributed by atoms with Crippen LogP contribution in [0.15, 0.2) is 24.8 Å². The summed E-state index contributed by atoms with van der Waals surface area (Å²) in [6.45, 7) is 10.4. The molecule has 0 atom stereocenters. The molecule has 0 aliphatic carbocycles. The number of piperazine rings is 1. The zero-order valence-corrected chi connectivity index (χ0v) is 17.6. The van der Waals surface area contributed by atoms with Crippen molar-refractivity contribution >= 4 is 40.7 Å². The number of carbonyl (C=O) groups excluding carboxylic acids is 2. The van der Waals surface area contributed by atoms with Crippen LogP contribution < -0.4 is 5.32 Å². The van der Waals surface area contributed by atoms with E-state index in [2.05, 4.69) is 16.8 Å². The maximum absolute atomic E-state index is 12.6. The highest BCUT2D eigenvalue weighted by molar-refractivity contribution is 6.42. The zero-order valence-electron chi connectivity index (χ0n) is 16.1. The van der Waals surface area contributed by atoms with Crippen molar-refractivity contribution in [3.05, 3.63) is 40.4 Å². The summed E-state index contributed by atoms with van der Waals surface area (Å²) in [4.78, 5) is 30.2. The first-order chi connectivity index (χ1) is 13.4. The summed E-state index contributed by atoms with van der Waals surface area (Å²) in [6.07, 6.45) is 2.16. The van der Waals surface area contributed by atoms with Crippen molar-refractivity contribution in [3.8, 4) is 0 Å². The summed E-state index contributed by atoms with van der Waals surface area (Å²) in [5.74, 6) is 0.0646. The highest BCUT2D eigenvalue weighted by Crippen LogP contribution is 2.29. The second-order valence-electron chi connectivity index (χ2n) is 7.15. The molecule has 2 heterocycles. The number of halogens is 2. The van der Waals surface area contributed by atoms with E-state index in [4.69, 9.17) is 23.2 Å². The average Bonchev–Trinajstić information content (AvgIpc) is 2.67. The number of aryl methyl sites for hydroxylation is 1. The van der Waals surface area contributed by atoms with E-state index < -0.39 is 0 Å². The number of hydrogen-bond acceptors (Lipinski definition) is 4. The van der Waals surface area contributed by atoms with Gasteiger partial charge in [-0.25, -0.2) is 0 Å². The number of carbonyl (C=O) groups is 2. The van der Waals surface area contributed by atoms with Gasteiger partial charge in [-0.3, -0.25) is 14.5 Å². The molecule has 152 valence electrons. The van der Waals surface area contributed by atoms with Crippen LogP contribution in [-0.2, 0) is 16.0 Å². The Balaban J connectivity index is 1.45. The Morgan fingerprint density at radius 1 is 1.14 bits per heavy atom. The van der Waals surface area contributed by atoms with Crippen LogP contribution >= 0.6 is 23.2 Å².